The molecule has 180 valence electrons. The van der Waals surface area contributed by atoms with Crippen molar-refractivity contribution < 1.29 is 13.2 Å². The van der Waals surface area contributed by atoms with E-state index >= 15 is 0 Å². The molecule has 1 aromatic heterocycles. The molecule has 5 rings (SSSR count). The van der Waals surface area contributed by atoms with Gasteiger partial charge in [-0.3, -0.25) is 9.69 Å². The Labute approximate surface area is 200 Å². The number of likely N-dealkylation sites (tertiary alicyclic amines) is 1. The van der Waals surface area contributed by atoms with Crippen LogP contribution in [0, 0.1) is 0 Å². The fourth-order valence-electron chi connectivity index (χ4n) is 4.87. The Morgan fingerprint density at radius 3 is 2.35 bits per heavy atom. The molecule has 34 heavy (non-hydrogen) atoms. The standard InChI is InChI=1S/C25H31N5O3S/c1-27-23-10-9-21(25(31)29-11-5-6-12-29)17-22(23)26-24(27)18-28-13-15-30(16-14-28)34(32,33)19-20-7-3-2-4-8-20/h2-4,7-10,17H,5-6,11-16,18-19H2,1H3. The number of nitrogens with zero attached hydrogens (tertiary/aromatic N) is 5. The molecule has 3 aromatic rings. The van der Waals surface area contributed by atoms with E-state index < -0.39 is 10.0 Å². The van der Waals surface area contributed by atoms with Crippen molar-refractivity contribution in [3.63, 3.8) is 0 Å². The maximum Gasteiger partial charge on any atom is 0.253 e. The number of aromatic nitrogens is 2. The summed E-state index contributed by atoms with van der Waals surface area (Å²) in [6, 6.07) is 15.1. The Morgan fingerprint density at radius 1 is 0.941 bits per heavy atom. The Balaban J connectivity index is 1.23. The molecule has 2 aliphatic rings. The van der Waals surface area contributed by atoms with E-state index in [1.165, 1.54) is 0 Å². The normalized spacial score (nSPS) is 18.1. The number of carbonyl (C=O) groups is 1. The predicted octanol–water partition coefficient (Wildman–Crippen LogP) is 2.46. The summed E-state index contributed by atoms with van der Waals surface area (Å²) in [4.78, 5) is 21.7. The van der Waals surface area contributed by atoms with Crippen LogP contribution >= 0.6 is 0 Å². The van der Waals surface area contributed by atoms with Crippen molar-refractivity contribution in [2.24, 2.45) is 7.05 Å². The maximum absolute atomic E-state index is 12.8. The molecule has 2 saturated heterocycles. The second-order valence-corrected chi connectivity index (χ2v) is 11.2. The van der Waals surface area contributed by atoms with Crippen molar-refractivity contribution >= 4 is 27.0 Å². The van der Waals surface area contributed by atoms with Crippen LogP contribution in [0.2, 0.25) is 0 Å². The number of imidazole rings is 1. The summed E-state index contributed by atoms with van der Waals surface area (Å²) in [7, 11) is -1.34. The molecule has 0 unspecified atom stereocenters. The van der Waals surface area contributed by atoms with Crippen LogP contribution in [0.3, 0.4) is 0 Å². The molecule has 0 aliphatic carbocycles. The fraction of sp³-hybridized carbons (Fsp3) is 0.440. The zero-order valence-electron chi connectivity index (χ0n) is 19.6. The Morgan fingerprint density at radius 2 is 1.65 bits per heavy atom. The van der Waals surface area contributed by atoms with Crippen LogP contribution in [0.15, 0.2) is 48.5 Å². The highest BCUT2D eigenvalue weighted by molar-refractivity contribution is 7.88. The van der Waals surface area contributed by atoms with Crippen LogP contribution in [0.5, 0.6) is 0 Å². The molecule has 1 amide bonds. The first-order chi connectivity index (χ1) is 16.4. The molecule has 0 N–H and O–H groups in total. The van der Waals surface area contributed by atoms with Crippen LogP contribution in [0.1, 0.15) is 34.6 Å². The van der Waals surface area contributed by atoms with Gasteiger partial charge in [0, 0.05) is 51.9 Å². The van der Waals surface area contributed by atoms with E-state index in [2.05, 4.69) is 9.47 Å². The summed E-state index contributed by atoms with van der Waals surface area (Å²) in [5.74, 6) is 1.04. The minimum absolute atomic E-state index is 0.0388. The zero-order valence-corrected chi connectivity index (χ0v) is 20.4. The van der Waals surface area contributed by atoms with E-state index in [4.69, 9.17) is 4.98 Å². The number of rotatable bonds is 6. The second kappa shape index (κ2) is 9.48. The highest BCUT2D eigenvalue weighted by Crippen LogP contribution is 2.21. The van der Waals surface area contributed by atoms with E-state index in [0.717, 1.165) is 48.4 Å². The molecule has 3 heterocycles. The average Bonchev–Trinajstić information content (AvgIpc) is 3.48. The first kappa shape index (κ1) is 23.0. The number of aryl methyl sites for hydroxylation is 1. The lowest BCUT2D eigenvalue weighted by molar-refractivity contribution is 0.0793. The number of fused-ring (bicyclic) bond motifs is 1. The van der Waals surface area contributed by atoms with Gasteiger partial charge < -0.3 is 9.47 Å². The third-order valence-electron chi connectivity index (χ3n) is 6.90. The highest BCUT2D eigenvalue weighted by Gasteiger charge is 2.28. The van der Waals surface area contributed by atoms with Gasteiger partial charge >= 0.3 is 0 Å². The SMILES string of the molecule is Cn1c(CN2CCN(S(=O)(=O)Cc3ccccc3)CC2)nc2cc(C(=O)N3CCCC3)ccc21. The van der Waals surface area contributed by atoms with Gasteiger partial charge in [0.15, 0.2) is 0 Å². The maximum atomic E-state index is 12.8. The van der Waals surface area contributed by atoms with E-state index in [1.807, 2.05) is 60.5 Å². The van der Waals surface area contributed by atoms with Crippen molar-refractivity contribution in [1.29, 1.82) is 0 Å². The smallest absolute Gasteiger partial charge is 0.253 e. The van der Waals surface area contributed by atoms with Crippen molar-refractivity contribution in [2.75, 3.05) is 39.3 Å². The summed E-state index contributed by atoms with van der Waals surface area (Å²) >= 11 is 0. The lowest BCUT2D eigenvalue weighted by atomic mass is 10.2. The van der Waals surface area contributed by atoms with Gasteiger partial charge in [0.2, 0.25) is 10.0 Å². The molecule has 0 atom stereocenters. The molecule has 2 aliphatic heterocycles. The molecule has 8 nitrogen and oxygen atoms in total. The molecular weight excluding hydrogens is 450 g/mol. The second-order valence-electron chi connectivity index (χ2n) is 9.21. The summed E-state index contributed by atoms with van der Waals surface area (Å²) in [5.41, 5.74) is 3.33. The van der Waals surface area contributed by atoms with E-state index in [1.54, 1.807) is 4.31 Å². The first-order valence-electron chi connectivity index (χ1n) is 11.9. The van der Waals surface area contributed by atoms with Gasteiger partial charge in [-0.1, -0.05) is 30.3 Å². The molecule has 2 fully saturated rings. The van der Waals surface area contributed by atoms with Crippen molar-refractivity contribution in [2.45, 2.75) is 25.1 Å². The van der Waals surface area contributed by atoms with Crippen LogP contribution in [-0.2, 0) is 29.4 Å². The topological polar surface area (TPSA) is 78.7 Å². The molecule has 0 radical (unpaired) electrons. The number of benzene rings is 2. The van der Waals surface area contributed by atoms with Gasteiger partial charge in [-0.25, -0.2) is 13.4 Å². The van der Waals surface area contributed by atoms with Gasteiger partial charge in [-0.05, 0) is 36.6 Å². The number of carbonyl (C=O) groups excluding carboxylic acids is 1. The van der Waals surface area contributed by atoms with Gasteiger partial charge in [0.25, 0.3) is 5.91 Å². The Hall–Kier alpha value is -2.75. The van der Waals surface area contributed by atoms with E-state index in [0.29, 0.717) is 38.3 Å². The molecule has 2 aromatic carbocycles. The number of hydrogen-bond acceptors (Lipinski definition) is 5. The fourth-order valence-corrected chi connectivity index (χ4v) is 6.38. The lowest BCUT2D eigenvalue weighted by Gasteiger charge is -2.33. The minimum Gasteiger partial charge on any atom is -0.339 e. The number of hydrogen-bond donors (Lipinski definition) is 0. The van der Waals surface area contributed by atoms with Crippen LogP contribution in [0.4, 0.5) is 0 Å². The van der Waals surface area contributed by atoms with E-state index in [-0.39, 0.29) is 11.7 Å². The molecule has 0 saturated carbocycles. The third-order valence-corrected chi connectivity index (χ3v) is 8.75. The lowest BCUT2D eigenvalue weighted by Crippen LogP contribution is -2.48. The monoisotopic (exact) mass is 481 g/mol. The van der Waals surface area contributed by atoms with E-state index in [9.17, 15) is 13.2 Å². The third kappa shape index (κ3) is 4.73. The van der Waals surface area contributed by atoms with Gasteiger partial charge in [0.1, 0.15) is 5.82 Å². The summed E-state index contributed by atoms with van der Waals surface area (Å²) < 4.78 is 29.3. The van der Waals surface area contributed by atoms with Crippen LogP contribution in [0.25, 0.3) is 11.0 Å². The first-order valence-corrected chi connectivity index (χ1v) is 13.5. The molecule has 9 heteroatoms. The number of amides is 1. The van der Waals surface area contributed by atoms with Crippen molar-refractivity contribution in [3.05, 3.63) is 65.5 Å². The Bertz CT molecular complexity index is 1270. The summed E-state index contributed by atoms with van der Waals surface area (Å²) in [5, 5.41) is 0. The molecular formula is C25H31N5O3S. The largest absolute Gasteiger partial charge is 0.339 e. The molecule has 0 spiro atoms. The summed E-state index contributed by atoms with van der Waals surface area (Å²) in [6.07, 6.45) is 2.14. The summed E-state index contributed by atoms with van der Waals surface area (Å²) in [6.45, 7) is 4.59. The van der Waals surface area contributed by atoms with Crippen molar-refractivity contribution in [3.8, 4) is 0 Å². The average molecular weight is 482 g/mol. The van der Waals surface area contributed by atoms with Gasteiger partial charge in [-0.15, -0.1) is 0 Å². The highest BCUT2D eigenvalue weighted by atomic mass is 32.2. The zero-order chi connectivity index (χ0) is 23.7. The van der Waals surface area contributed by atoms with Gasteiger partial charge in [0.05, 0.1) is 23.3 Å². The number of sulfonamides is 1. The molecule has 0 bridgehead atoms. The van der Waals surface area contributed by atoms with Crippen molar-refractivity contribution in [1.82, 2.24) is 23.7 Å². The number of piperazine rings is 1. The van der Waals surface area contributed by atoms with Gasteiger partial charge in [-0.2, -0.15) is 4.31 Å². The quantitative estimate of drug-likeness (QED) is 0.541. The van der Waals surface area contributed by atoms with Crippen LogP contribution < -0.4 is 0 Å². The Kier molecular flexibility index (Phi) is 6.42. The minimum atomic E-state index is -3.33. The predicted molar refractivity (Wildman–Crippen MR) is 132 cm³/mol. The van der Waals surface area contributed by atoms with Crippen LogP contribution in [-0.4, -0.2) is 77.2 Å².